The number of carbonyl (C=O) groups is 1. The maximum absolute atomic E-state index is 12.7. The van der Waals surface area contributed by atoms with Crippen LogP contribution in [0, 0.1) is 0 Å². The zero-order chi connectivity index (χ0) is 17.1. The van der Waals surface area contributed by atoms with Gasteiger partial charge in [0, 0.05) is 32.1 Å². The molecule has 2 heterocycles. The number of nitrogens with zero attached hydrogens (tertiary/aromatic N) is 3. The molecule has 0 spiro atoms. The highest BCUT2D eigenvalue weighted by Gasteiger charge is 2.24. The number of fused-ring (bicyclic) bond motifs is 1. The molecule has 6 heteroatoms. The van der Waals surface area contributed by atoms with Gasteiger partial charge in [0.2, 0.25) is 5.91 Å². The van der Waals surface area contributed by atoms with Crippen molar-refractivity contribution in [2.45, 2.75) is 32.3 Å². The van der Waals surface area contributed by atoms with Gasteiger partial charge in [-0.3, -0.25) is 9.59 Å². The van der Waals surface area contributed by atoms with Gasteiger partial charge in [0.25, 0.3) is 5.56 Å². The zero-order valence-corrected chi connectivity index (χ0v) is 14.2. The predicted molar refractivity (Wildman–Crippen MR) is 91.9 cm³/mol. The summed E-state index contributed by atoms with van der Waals surface area (Å²) in [6.45, 7) is 4.03. The van der Waals surface area contributed by atoms with E-state index in [1.54, 1.807) is 13.1 Å². The summed E-state index contributed by atoms with van der Waals surface area (Å²) in [5.74, 6) is 0.0377. The summed E-state index contributed by atoms with van der Waals surface area (Å²) >= 11 is 0. The van der Waals surface area contributed by atoms with E-state index in [0.29, 0.717) is 24.2 Å². The molecule has 6 nitrogen and oxygen atoms in total. The number of rotatable bonds is 4. The van der Waals surface area contributed by atoms with Crippen molar-refractivity contribution in [2.75, 3.05) is 19.7 Å². The van der Waals surface area contributed by atoms with E-state index in [1.807, 2.05) is 30.0 Å². The number of likely N-dealkylation sites (tertiary alicyclic amines) is 1. The fraction of sp³-hybridized carbons (Fsp3) is 0.500. The summed E-state index contributed by atoms with van der Waals surface area (Å²) in [6, 6.07) is 7.32. The predicted octanol–water partition coefficient (Wildman–Crippen LogP) is 1.50. The van der Waals surface area contributed by atoms with E-state index in [1.165, 1.54) is 4.68 Å². The van der Waals surface area contributed by atoms with E-state index in [-0.39, 0.29) is 24.0 Å². The van der Waals surface area contributed by atoms with Gasteiger partial charge in [-0.05, 0) is 25.8 Å². The summed E-state index contributed by atoms with van der Waals surface area (Å²) in [5.41, 5.74) is 0.507. The van der Waals surface area contributed by atoms with Gasteiger partial charge in [0.05, 0.1) is 23.6 Å². The minimum absolute atomic E-state index is 0.0377. The Balaban J connectivity index is 1.83. The lowest BCUT2D eigenvalue weighted by molar-refractivity contribution is -0.134. The normalized spacial score (nSPS) is 18.1. The lowest BCUT2D eigenvalue weighted by Gasteiger charge is -2.32. The number of amides is 1. The van der Waals surface area contributed by atoms with Gasteiger partial charge < -0.3 is 9.64 Å². The molecule has 1 aromatic carbocycles. The highest BCUT2D eigenvalue weighted by Crippen LogP contribution is 2.17. The summed E-state index contributed by atoms with van der Waals surface area (Å²) in [7, 11) is 1.62. The molecule has 1 amide bonds. The highest BCUT2D eigenvalue weighted by atomic mass is 16.5. The summed E-state index contributed by atoms with van der Waals surface area (Å²) < 4.78 is 6.97. The topological polar surface area (TPSA) is 64.4 Å². The molecule has 1 saturated heterocycles. The molecule has 0 N–H and O–H groups in total. The quantitative estimate of drug-likeness (QED) is 0.853. The first-order valence-corrected chi connectivity index (χ1v) is 8.44. The lowest BCUT2D eigenvalue weighted by atomic mass is 10.1. The molecule has 3 rings (SSSR count). The van der Waals surface area contributed by atoms with Crippen LogP contribution in [-0.4, -0.2) is 46.4 Å². The van der Waals surface area contributed by atoms with Crippen LogP contribution >= 0.6 is 0 Å². The number of piperidine rings is 1. The second-order valence-electron chi connectivity index (χ2n) is 6.16. The number of ether oxygens (including phenoxy) is 1. The molecule has 1 fully saturated rings. The van der Waals surface area contributed by atoms with Crippen LogP contribution < -0.4 is 5.56 Å². The van der Waals surface area contributed by atoms with Crippen molar-refractivity contribution >= 4 is 16.7 Å². The first-order valence-electron chi connectivity index (χ1n) is 8.44. The van der Waals surface area contributed by atoms with Crippen molar-refractivity contribution in [1.82, 2.24) is 14.7 Å². The van der Waals surface area contributed by atoms with Crippen LogP contribution in [0.15, 0.2) is 29.1 Å². The molecule has 0 unspecified atom stereocenters. The van der Waals surface area contributed by atoms with Crippen LogP contribution in [-0.2, 0) is 23.0 Å². The van der Waals surface area contributed by atoms with E-state index in [9.17, 15) is 9.59 Å². The van der Waals surface area contributed by atoms with Gasteiger partial charge in [-0.2, -0.15) is 5.10 Å². The third kappa shape index (κ3) is 3.33. The van der Waals surface area contributed by atoms with E-state index in [2.05, 4.69) is 5.10 Å². The first kappa shape index (κ1) is 16.6. The number of aryl methyl sites for hydroxylation is 1. The fourth-order valence-corrected chi connectivity index (χ4v) is 3.30. The molecule has 24 heavy (non-hydrogen) atoms. The van der Waals surface area contributed by atoms with Crippen LogP contribution in [0.5, 0.6) is 0 Å². The molecule has 1 atom stereocenters. The summed E-state index contributed by atoms with van der Waals surface area (Å²) in [4.78, 5) is 26.7. The monoisotopic (exact) mass is 329 g/mol. The Morgan fingerprint density at radius 2 is 2.08 bits per heavy atom. The smallest absolute Gasteiger partial charge is 0.274 e. The second-order valence-corrected chi connectivity index (χ2v) is 6.16. The number of benzene rings is 1. The summed E-state index contributed by atoms with van der Waals surface area (Å²) in [6.07, 6.45) is 2.28. The van der Waals surface area contributed by atoms with Gasteiger partial charge >= 0.3 is 0 Å². The van der Waals surface area contributed by atoms with Crippen molar-refractivity contribution in [3.05, 3.63) is 40.3 Å². The minimum Gasteiger partial charge on any atom is -0.377 e. The average molecular weight is 329 g/mol. The standard InChI is InChI=1S/C18H23N3O3/c1-3-24-13-7-6-10-21(12-13)17(22)11-16-14-8-4-5-9-15(14)18(23)20(2)19-16/h4-5,8-9,13H,3,6-7,10-12H2,1-2H3/t13-/m1/s1. The molecule has 0 radical (unpaired) electrons. The Morgan fingerprint density at radius 3 is 2.83 bits per heavy atom. The number of aromatic nitrogens is 2. The molecular weight excluding hydrogens is 306 g/mol. The molecule has 1 aromatic heterocycles. The van der Waals surface area contributed by atoms with Crippen molar-refractivity contribution in [2.24, 2.45) is 7.05 Å². The maximum atomic E-state index is 12.7. The van der Waals surface area contributed by atoms with Crippen LogP contribution in [0.3, 0.4) is 0 Å². The van der Waals surface area contributed by atoms with E-state index < -0.39 is 0 Å². The Morgan fingerprint density at radius 1 is 1.33 bits per heavy atom. The molecule has 2 aromatic rings. The fourth-order valence-electron chi connectivity index (χ4n) is 3.30. The van der Waals surface area contributed by atoms with Crippen LogP contribution in [0.25, 0.3) is 10.8 Å². The minimum atomic E-state index is -0.142. The Labute approximate surface area is 141 Å². The van der Waals surface area contributed by atoms with Gasteiger partial charge in [-0.1, -0.05) is 18.2 Å². The Kier molecular flexibility index (Phi) is 4.94. The Bertz CT molecular complexity index is 798. The molecule has 1 aliphatic rings. The van der Waals surface area contributed by atoms with E-state index >= 15 is 0 Å². The molecule has 0 saturated carbocycles. The van der Waals surface area contributed by atoms with Crippen molar-refractivity contribution in [1.29, 1.82) is 0 Å². The van der Waals surface area contributed by atoms with Crippen molar-refractivity contribution in [3.63, 3.8) is 0 Å². The van der Waals surface area contributed by atoms with Gasteiger partial charge in [0.15, 0.2) is 0 Å². The molecule has 0 bridgehead atoms. The third-order valence-electron chi connectivity index (χ3n) is 4.48. The van der Waals surface area contributed by atoms with Crippen LogP contribution in [0.1, 0.15) is 25.5 Å². The number of hydrogen-bond donors (Lipinski definition) is 0. The number of carbonyl (C=O) groups excluding carboxylic acids is 1. The van der Waals surface area contributed by atoms with Crippen LogP contribution in [0.2, 0.25) is 0 Å². The average Bonchev–Trinajstić information content (AvgIpc) is 2.60. The summed E-state index contributed by atoms with van der Waals surface area (Å²) in [5, 5.41) is 5.67. The van der Waals surface area contributed by atoms with Gasteiger partial charge in [-0.25, -0.2) is 4.68 Å². The third-order valence-corrected chi connectivity index (χ3v) is 4.48. The molecular formula is C18H23N3O3. The maximum Gasteiger partial charge on any atom is 0.274 e. The number of hydrogen-bond acceptors (Lipinski definition) is 4. The van der Waals surface area contributed by atoms with E-state index in [0.717, 1.165) is 24.8 Å². The second kappa shape index (κ2) is 7.13. The molecule has 128 valence electrons. The first-order chi connectivity index (χ1) is 11.6. The van der Waals surface area contributed by atoms with Crippen molar-refractivity contribution in [3.8, 4) is 0 Å². The largest absolute Gasteiger partial charge is 0.377 e. The lowest BCUT2D eigenvalue weighted by Crippen LogP contribution is -2.44. The SMILES string of the molecule is CCO[C@@H]1CCCN(C(=O)Cc2nn(C)c(=O)c3ccccc23)C1. The van der Waals surface area contributed by atoms with E-state index in [4.69, 9.17) is 4.74 Å². The zero-order valence-electron chi connectivity index (χ0n) is 14.2. The molecule has 1 aliphatic heterocycles. The molecule has 0 aliphatic carbocycles. The van der Waals surface area contributed by atoms with Gasteiger partial charge in [0.1, 0.15) is 0 Å². The van der Waals surface area contributed by atoms with Crippen LogP contribution in [0.4, 0.5) is 0 Å². The Hall–Kier alpha value is -2.21. The highest BCUT2D eigenvalue weighted by molar-refractivity contribution is 5.88. The van der Waals surface area contributed by atoms with Crippen molar-refractivity contribution < 1.29 is 9.53 Å². The van der Waals surface area contributed by atoms with Gasteiger partial charge in [-0.15, -0.1) is 0 Å².